The Kier molecular flexibility index (Phi) is 5.56. The minimum atomic E-state index is -2.41. The zero-order chi connectivity index (χ0) is 10.6. The van der Waals surface area contributed by atoms with Gasteiger partial charge >= 0.3 is 6.00 Å². The fourth-order valence-electron chi connectivity index (χ4n) is 1.14. The Labute approximate surface area is 113 Å². The van der Waals surface area contributed by atoms with Crippen LogP contribution in [0.4, 0.5) is 0 Å². The second kappa shape index (κ2) is 5.94. The van der Waals surface area contributed by atoms with Gasteiger partial charge in [-0.2, -0.15) is 0 Å². The van der Waals surface area contributed by atoms with E-state index in [0.717, 1.165) is 18.9 Å². The quantitative estimate of drug-likeness (QED) is 0.397. The Balaban J connectivity index is 2.35. The number of rotatable bonds is 4. The van der Waals surface area contributed by atoms with Gasteiger partial charge in [0, 0.05) is 3.57 Å². The third-order valence-electron chi connectivity index (χ3n) is 1.84. The van der Waals surface area contributed by atoms with Gasteiger partial charge in [-0.15, -0.1) is 33.2 Å². The van der Waals surface area contributed by atoms with Gasteiger partial charge < -0.3 is 0 Å². The van der Waals surface area contributed by atoms with Gasteiger partial charge in [-0.05, 0) is 59.2 Å². The maximum atomic E-state index is 5.79. The van der Waals surface area contributed by atoms with E-state index in [9.17, 15) is 0 Å². The molecule has 78 valence electrons. The highest BCUT2D eigenvalue weighted by molar-refractivity contribution is 14.1. The van der Waals surface area contributed by atoms with Crippen molar-refractivity contribution < 1.29 is 0 Å². The van der Waals surface area contributed by atoms with E-state index in [0.29, 0.717) is 0 Å². The molecule has 0 aromatic heterocycles. The van der Waals surface area contributed by atoms with Crippen LogP contribution in [-0.4, -0.2) is 6.00 Å². The van der Waals surface area contributed by atoms with Crippen molar-refractivity contribution in [1.29, 1.82) is 0 Å². The van der Waals surface area contributed by atoms with Gasteiger partial charge in [0.15, 0.2) is 0 Å². The molecule has 0 saturated heterocycles. The van der Waals surface area contributed by atoms with Crippen LogP contribution in [0.2, 0.25) is 6.04 Å². The van der Waals surface area contributed by atoms with Gasteiger partial charge in [-0.25, -0.2) is 0 Å². The van der Waals surface area contributed by atoms with Crippen molar-refractivity contribution in [2.24, 2.45) is 0 Å². The minimum Gasteiger partial charge on any atom is -0.126 e. The fourth-order valence-corrected chi connectivity index (χ4v) is 3.28. The third-order valence-corrected chi connectivity index (χ3v) is 5.18. The lowest BCUT2D eigenvalue weighted by atomic mass is 10.1. The summed E-state index contributed by atoms with van der Waals surface area (Å²) in [7, 11) is 0. The van der Waals surface area contributed by atoms with E-state index in [1.807, 2.05) is 0 Å². The average Bonchev–Trinajstić information content (AvgIpc) is 2.06. The van der Waals surface area contributed by atoms with E-state index in [1.54, 1.807) is 0 Å². The predicted octanol–water partition coefficient (Wildman–Crippen LogP) is 4.88. The second-order valence-corrected chi connectivity index (χ2v) is 13.6. The normalized spacial score (nSPS) is 11.7. The van der Waals surface area contributed by atoms with Crippen molar-refractivity contribution in [1.82, 2.24) is 0 Å². The minimum absolute atomic E-state index is 0.740. The Morgan fingerprint density at radius 2 is 1.64 bits per heavy atom. The number of hydrogen-bond donors (Lipinski definition) is 0. The molecule has 0 unspecified atom stereocenters. The van der Waals surface area contributed by atoms with Crippen LogP contribution in [0.3, 0.4) is 0 Å². The standard InChI is InChI=1S/C9H10Cl3ISi/c10-14(11,12)7-1-2-8-3-5-9(13)6-4-8/h3-6H,1-2,7H2. The van der Waals surface area contributed by atoms with Crippen LogP contribution >= 0.6 is 55.8 Å². The van der Waals surface area contributed by atoms with Gasteiger partial charge in [0.1, 0.15) is 0 Å². The molecule has 14 heavy (non-hydrogen) atoms. The molecule has 0 nitrogen and oxygen atoms in total. The van der Waals surface area contributed by atoms with Crippen LogP contribution in [0.1, 0.15) is 12.0 Å². The van der Waals surface area contributed by atoms with Gasteiger partial charge in [0.05, 0.1) is 0 Å². The zero-order valence-corrected chi connectivity index (χ0v) is 12.9. The Morgan fingerprint density at radius 1 is 1.07 bits per heavy atom. The molecule has 1 aromatic carbocycles. The van der Waals surface area contributed by atoms with Crippen molar-refractivity contribution in [2.75, 3.05) is 0 Å². The Morgan fingerprint density at radius 3 is 2.14 bits per heavy atom. The molecule has 0 fully saturated rings. The summed E-state index contributed by atoms with van der Waals surface area (Å²) >= 11 is 19.7. The fraction of sp³-hybridized carbons (Fsp3) is 0.333. The molecule has 0 aliphatic heterocycles. The lowest BCUT2D eigenvalue weighted by molar-refractivity contribution is 0.914. The van der Waals surface area contributed by atoms with E-state index in [-0.39, 0.29) is 0 Å². The topological polar surface area (TPSA) is 0 Å². The molecule has 1 rings (SSSR count). The van der Waals surface area contributed by atoms with E-state index < -0.39 is 6.00 Å². The summed E-state index contributed by atoms with van der Waals surface area (Å²) in [6.45, 7) is 0. The summed E-state index contributed by atoms with van der Waals surface area (Å²) in [5, 5.41) is 0. The highest BCUT2D eigenvalue weighted by Gasteiger charge is 2.23. The van der Waals surface area contributed by atoms with Crippen LogP contribution in [0.15, 0.2) is 24.3 Å². The van der Waals surface area contributed by atoms with Crippen molar-refractivity contribution in [3.63, 3.8) is 0 Å². The van der Waals surface area contributed by atoms with E-state index in [2.05, 4.69) is 46.9 Å². The average molecular weight is 380 g/mol. The summed E-state index contributed by atoms with van der Waals surface area (Å²) < 4.78 is 1.25. The maximum Gasteiger partial charge on any atom is 0.341 e. The molecule has 0 atom stereocenters. The highest BCUT2D eigenvalue weighted by atomic mass is 127. The van der Waals surface area contributed by atoms with E-state index in [4.69, 9.17) is 33.2 Å². The summed E-state index contributed by atoms with van der Waals surface area (Å²) in [5.41, 5.74) is 1.31. The zero-order valence-electron chi connectivity index (χ0n) is 7.44. The summed E-state index contributed by atoms with van der Waals surface area (Å²) in [5.74, 6) is 0. The molecule has 0 N–H and O–H groups in total. The molecule has 0 spiro atoms. The lowest BCUT2D eigenvalue weighted by Crippen LogP contribution is -2.08. The molecule has 5 heteroatoms. The largest absolute Gasteiger partial charge is 0.341 e. The molecule has 0 aliphatic carbocycles. The number of hydrogen-bond acceptors (Lipinski definition) is 0. The Bertz CT molecular complexity index is 281. The van der Waals surface area contributed by atoms with Gasteiger partial charge in [0.25, 0.3) is 0 Å². The van der Waals surface area contributed by atoms with Crippen molar-refractivity contribution in [3.8, 4) is 0 Å². The molecule has 0 amide bonds. The van der Waals surface area contributed by atoms with E-state index >= 15 is 0 Å². The first-order valence-electron chi connectivity index (χ1n) is 4.28. The van der Waals surface area contributed by atoms with Crippen LogP contribution in [-0.2, 0) is 6.42 Å². The Hall–Kier alpha value is 1.04. The summed E-state index contributed by atoms with van der Waals surface area (Å²) in [6, 6.07) is 6.79. The number of benzene rings is 1. The van der Waals surface area contributed by atoms with Crippen LogP contribution in [0.25, 0.3) is 0 Å². The monoisotopic (exact) mass is 378 g/mol. The van der Waals surface area contributed by atoms with Crippen molar-refractivity contribution in [3.05, 3.63) is 33.4 Å². The molecule has 0 radical (unpaired) electrons. The summed E-state index contributed by atoms with van der Waals surface area (Å²) in [6.07, 6.45) is 1.96. The van der Waals surface area contributed by atoms with E-state index in [1.165, 1.54) is 9.13 Å². The first kappa shape index (κ1) is 13.1. The SMILES string of the molecule is Cl[Si](Cl)(Cl)CCCc1ccc(I)cc1. The van der Waals surface area contributed by atoms with Crippen LogP contribution in [0, 0.1) is 3.57 Å². The molecule has 0 bridgehead atoms. The summed E-state index contributed by atoms with van der Waals surface area (Å²) in [4.78, 5) is 0. The maximum absolute atomic E-state index is 5.79. The van der Waals surface area contributed by atoms with Gasteiger partial charge in [-0.3, -0.25) is 0 Å². The first-order chi connectivity index (χ1) is 6.47. The second-order valence-electron chi connectivity index (χ2n) is 3.10. The van der Waals surface area contributed by atoms with Crippen molar-refractivity contribution in [2.45, 2.75) is 18.9 Å². The van der Waals surface area contributed by atoms with Gasteiger partial charge in [0.2, 0.25) is 0 Å². The highest BCUT2D eigenvalue weighted by Crippen LogP contribution is 2.27. The van der Waals surface area contributed by atoms with Gasteiger partial charge in [-0.1, -0.05) is 12.1 Å². The molecular formula is C9H10Cl3ISi. The van der Waals surface area contributed by atoms with Crippen LogP contribution < -0.4 is 0 Å². The molecular weight excluding hydrogens is 369 g/mol. The van der Waals surface area contributed by atoms with Crippen molar-refractivity contribution >= 4 is 61.8 Å². The molecule has 0 aliphatic rings. The molecule has 1 aromatic rings. The third kappa shape index (κ3) is 5.81. The number of halogens is 4. The molecule has 0 heterocycles. The first-order valence-corrected chi connectivity index (χ1v) is 10.6. The number of aryl methyl sites for hydroxylation is 1. The molecule has 0 saturated carbocycles. The smallest absolute Gasteiger partial charge is 0.126 e. The van der Waals surface area contributed by atoms with Crippen LogP contribution in [0.5, 0.6) is 0 Å². The lowest BCUT2D eigenvalue weighted by Gasteiger charge is -2.06. The predicted molar refractivity (Wildman–Crippen MR) is 75.6 cm³/mol.